The number of rotatable bonds is 4. The molecule has 0 saturated heterocycles. The van der Waals surface area contributed by atoms with Crippen LogP contribution in [-0.4, -0.2) is 7.05 Å². The molecule has 1 aliphatic carbocycles. The largest absolute Gasteiger partial charge is 0.466 e. The van der Waals surface area contributed by atoms with Gasteiger partial charge in [-0.15, -0.1) is 0 Å². The molecule has 0 bridgehead atoms. The molecule has 0 radical (unpaired) electrons. The van der Waals surface area contributed by atoms with E-state index in [2.05, 4.69) is 35.1 Å². The molecular formula is C15H24BrNO. The molecule has 1 fully saturated rings. The van der Waals surface area contributed by atoms with Crippen LogP contribution in [0.15, 0.2) is 21.2 Å². The molecule has 1 heterocycles. The summed E-state index contributed by atoms with van der Waals surface area (Å²) in [7, 11) is 2.04. The first-order valence-electron chi connectivity index (χ1n) is 7.03. The van der Waals surface area contributed by atoms with Gasteiger partial charge in [-0.2, -0.15) is 0 Å². The van der Waals surface area contributed by atoms with Gasteiger partial charge in [0, 0.05) is 0 Å². The van der Waals surface area contributed by atoms with Crippen LogP contribution in [0.1, 0.15) is 51.3 Å². The van der Waals surface area contributed by atoms with Gasteiger partial charge in [0.05, 0.1) is 16.8 Å². The van der Waals surface area contributed by atoms with Crippen LogP contribution in [0.25, 0.3) is 0 Å². The first kappa shape index (κ1) is 14.1. The Bertz CT molecular complexity index is 366. The summed E-state index contributed by atoms with van der Waals surface area (Å²) in [5.74, 6) is 3.51. The normalized spacial score (nSPS) is 26.5. The summed E-state index contributed by atoms with van der Waals surface area (Å²) in [5, 5.41) is 3.44. The minimum absolute atomic E-state index is 0.350. The van der Waals surface area contributed by atoms with Crippen LogP contribution in [0.4, 0.5) is 0 Å². The van der Waals surface area contributed by atoms with Crippen LogP contribution in [-0.2, 0) is 0 Å². The second-order valence-electron chi connectivity index (χ2n) is 5.82. The number of halogens is 1. The SMILES string of the molecule is CNC(c1occc1Br)C1CCC(C(C)C)CC1. The van der Waals surface area contributed by atoms with Crippen LogP contribution >= 0.6 is 15.9 Å². The van der Waals surface area contributed by atoms with Crippen molar-refractivity contribution < 1.29 is 4.42 Å². The van der Waals surface area contributed by atoms with Gasteiger partial charge < -0.3 is 9.73 Å². The fourth-order valence-electron chi connectivity index (χ4n) is 3.25. The molecule has 1 atom stereocenters. The lowest BCUT2D eigenvalue weighted by Gasteiger charge is -2.34. The minimum Gasteiger partial charge on any atom is -0.466 e. The van der Waals surface area contributed by atoms with E-state index in [1.807, 2.05) is 13.1 Å². The summed E-state index contributed by atoms with van der Waals surface area (Å²) in [6.07, 6.45) is 7.10. The van der Waals surface area contributed by atoms with E-state index in [1.54, 1.807) is 6.26 Å². The van der Waals surface area contributed by atoms with Gasteiger partial charge in [-0.3, -0.25) is 0 Å². The van der Waals surface area contributed by atoms with E-state index in [0.29, 0.717) is 12.0 Å². The lowest BCUT2D eigenvalue weighted by molar-refractivity contribution is 0.181. The Labute approximate surface area is 119 Å². The van der Waals surface area contributed by atoms with E-state index in [9.17, 15) is 0 Å². The molecule has 1 unspecified atom stereocenters. The third kappa shape index (κ3) is 3.00. The molecule has 1 N–H and O–H groups in total. The van der Waals surface area contributed by atoms with E-state index >= 15 is 0 Å². The summed E-state index contributed by atoms with van der Waals surface area (Å²) >= 11 is 3.58. The molecule has 2 rings (SSSR count). The molecule has 1 aliphatic rings. The van der Waals surface area contributed by atoms with Gasteiger partial charge in [-0.1, -0.05) is 13.8 Å². The number of hydrogen-bond donors (Lipinski definition) is 1. The second-order valence-corrected chi connectivity index (χ2v) is 6.67. The zero-order valence-corrected chi connectivity index (χ0v) is 13.2. The molecule has 1 saturated carbocycles. The van der Waals surface area contributed by atoms with Crippen molar-refractivity contribution in [3.8, 4) is 0 Å². The highest BCUT2D eigenvalue weighted by Crippen LogP contribution is 2.40. The lowest BCUT2D eigenvalue weighted by Crippen LogP contribution is -2.29. The molecule has 102 valence electrons. The standard InChI is InChI=1S/C15H24BrNO/c1-10(2)11-4-6-12(7-5-11)14(17-3)15-13(16)8-9-18-15/h8-12,14,17H,4-7H2,1-3H3. The van der Waals surface area contributed by atoms with Gasteiger partial charge in [0.15, 0.2) is 0 Å². The molecule has 0 amide bonds. The van der Waals surface area contributed by atoms with Gasteiger partial charge in [-0.25, -0.2) is 0 Å². The average molecular weight is 314 g/mol. The zero-order chi connectivity index (χ0) is 13.1. The maximum absolute atomic E-state index is 5.64. The van der Waals surface area contributed by atoms with Crippen molar-refractivity contribution in [1.29, 1.82) is 0 Å². The van der Waals surface area contributed by atoms with E-state index in [4.69, 9.17) is 4.42 Å². The Kier molecular flexibility index (Phi) is 4.91. The molecule has 0 spiro atoms. The van der Waals surface area contributed by atoms with Crippen molar-refractivity contribution in [3.63, 3.8) is 0 Å². The topological polar surface area (TPSA) is 25.2 Å². The predicted molar refractivity (Wildman–Crippen MR) is 78.5 cm³/mol. The number of hydrogen-bond acceptors (Lipinski definition) is 2. The van der Waals surface area contributed by atoms with E-state index in [1.165, 1.54) is 25.7 Å². The number of furan rings is 1. The monoisotopic (exact) mass is 313 g/mol. The molecule has 0 aromatic carbocycles. The maximum atomic E-state index is 5.64. The van der Waals surface area contributed by atoms with Crippen molar-refractivity contribution in [3.05, 3.63) is 22.6 Å². The van der Waals surface area contributed by atoms with Crippen molar-refractivity contribution in [1.82, 2.24) is 5.32 Å². The van der Waals surface area contributed by atoms with Crippen LogP contribution in [0.3, 0.4) is 0 Å². The van der Waals surface area contributed by atoms with E-state index in [-0.39, 0.29) is 0 Å². The Morgan fingerprint density at radius 3 is 2.28 bits per heavy atom. The van der Waals surface area contributed by atoms with E-state index < -0.39 is 0 Å². The number of nitrogens with one attached hydrogen (secondary N) is 1. The smallest absolute Gasteiger partial charge is 0.135 e. The Morgan fingerprint density at radius 1 is 1.22 bits per heavy atom. The van der Waals surface area contributed by atoms with Crippen LogP contribution < -0.4 is 5.32 Å². The van der Waals surface area contributed by atoms with Crippen molar-refractivity contribution in [2.45, 2.75) is 45.6 Å². The van der Waals surface area contributed by atoms with Gasteiger partial charge in [0.2, 0.25) is 0 Å². The summed E-state index contributed by atoms with van der Waals surface area (Å²) in [6.45, 7) is 4.70. The Balaban J connectivity index is 2.01. The Morgan fingerprint density at radius 2 is 1.83 bits per heavy atom. The second kappa shape index (κ2) is 6.25. The van der Waals surface area contributed by atoms with Gasteiger partial charge in [0.1, 0.15) is 5.76 Å². The van der Waals surface area contributed by atoms with Crippen LogP contribution in [0, 0.1) is 17.8 Å². The first-order chi connectivity index (χ1) is 8.63. The van der Waals surface area contributed by atoms with Crippen molar-refractivity contribution in [2.75, 3.05) is 7.05 Å². The minimum atomic E-state index is 0.350. The van der Waals surface area contributed by atoms with Gasteiger partial charge in [0.25, 0.3) is 0 Å². The van der Waals surface area contributed by atoms with E-state index in [0.717, 1.165) is 22.1 Å². The predicted octanol–water partition coefficient (Wildman–Crippen LogP) is 4.77. The highest BCUT2D eigenvalue weighted by atomic mass is 79.9. The zero-order valence-electron chi connectivity index (χ0n) is 11.6. The summed E-state index contributed by atoms with van der Waals surface area (Å²) in [6, 6.07) is 2.34. The van der Waals surface area contributed by atoms with Crippen molar-refractivity contribution in [2.24, 2.45) is 17.8 Å². The third-order valence-electron chi connectivity index (χ3n) is 4.47. The molecule has 2 nitrogen and oxygen atoms in total. The fourth-order valence-corrected chi connectivity index (χ4v) is 3.70. The quantitative estimate of drug-likeness (QED) is 0.866. The fraction of sp³-hybridized carbons (Fsp3) is 0.733. The molecule has 0 aliphatic heterocycles. The molecule has 1 aromatic heterocycles. The first-order valence-corrected chi connectivity index (χ1v) is 7.83. The highest BCUT2D eigenvalue weighted by Gasteiger charge is 2.31. The molecule has 18 heavy (non-hydrogen) atoms. The van der Waals surface area contributed by atoms with Crippen LogP contribution in [0.5, 0.6) is 0 Å². The highest BCUT2D eigenvalue weighted by molar-refractivity contribution is 9.10. The Hall–Kier alpha value is -0.280. The molecule has 3 heteroatoms. The summed E-state index contributed by atoms with van der Waals surface area (Å²) in [4.78, 5) is 0. The van der Waals surface area contributed by atoms with Gasteiger partial charge in [-0.05, 0) is 72.5 Å². The van der Waals surface area contributed by atoms with Crippen molar-refractivity contribution >= 4 is 15.9 Å². The molecular weight excluding hydrogens is 290 g/mol. The van der Waals surface area contributed by atoms with Gasteiger partial charge >= 0.3 is 0 Å². The maximum Gasteiger partial charge on any atom is 0.135 e. The average Bonchev–Trinajstić information content (AvgIpc) is 2.78. The van der Waals surface area contributed by atoms with Crippen LogP contribution in [0.2, 0.25) is 0 Å². The lowest BCUT2D eigenvalue weighted by atomic mass is 9.74. The summed E-state index contributed by atoms with van der Waals surface area (Å²) < 4.78 is 6.73. The summed E-state index contributed by atoms with van der Waals surface area (Å²) in [5.41, 5.74) is 0. The third-order valence-corrected chi connectivity index (χ3v) is 5.12. The molecule has 1 aromatic rings.